The molecule has 0 saturated carbocycles. The summed E-state index contributed by atoms with van der Waals surface area (Å²) in [5.74, 6) is 0. The SMILES string of the molecule is CCCCCCCCC=CC(CCCCCCC)OCC. The van der Waals surface area contributed by atoms with Crippen LogP contribution in [0.1, 0.15) is 104 Å². The molecule has 0 saturated heterocycles. The lowest BCUT2D eigenvalue weighted by Gasteiger charge is -2.12. The van der Waals surface area contributed by atoms with Gasteiger partial charge in [-0.2, -0.15) is 0 Å². The van der Waals surface area contributed by atoms with Gasteiger partial charge >= 0.3 is 0 Å². The van der Waals surface area contributed by atoms with Gasteiger partial charge in [0.15, 0.2) is 0 Å². The first-order chi connectivity index (χ1) is 10.3. The first-order valence-electron chi connectivity index (χ1n) is 9.63. The third-order valence-corrected chi connectivity index (χ3v) is 4.05. The van der Waals surface area contributed by atoms with Crippen LogP contribution in [0, 0.1) is 0 Å². The molecule has 126 valence electrons. The molecule has 1 heteroatoms. The van der Waals surface area contributed by atoms with Gasteiger partial charge in [-0.1, -0.05) is 90.2 Å². The van der Waals surface area contributed by atoms with E-state index >= 15 is 0 Å². The average Bonchev–Trinajstić information content (AvgIpc) is 2.49. The number of allylic oxidation sites excluding steroid dienone is 1. The van der Waals surface area contributed by atoms with Crippen molar-refractivity contribution in [2.45, 2.75) is 110 Å². The second-order valence-electron chi connectivity index (χ2n) is 6.18. The van der Waals surface area contributed by atoms with Crippen molar-refractivity contribution in [1.82, 2.24) is 0 Å². The molecule has 1 unspecified atom stereocenters. The van der Waals surface area contributed by atoms with E-state index < -0.39 is 0 Å². The van der Waals surface area contributed by atoms with Crippen molar-refractivity contribution in [2.75, 3.05) is 6.61 Å². The minimum absolute atomic E-state index is 0.358. The molecule has 0 fully saturated rings. The van der Waals surface area contributed by atoms with Crippen molar-refractivity contribution in [3.8, 4) is 0 Å². The van der Waals surface area contributed by atoms with E-state index in [9.17, 15) is 0 Å². The predicted octanol–water partition coefficient (Wildman–Crippen LogP) is 7.06. The van der Waals surface area contributed by atoms with Crippen LogP contribution in [-0.4, -0.2) is 12.7 Å². The van der Waals surface area contributed by atoms with Gasteiger partial charge in [0, 0.05) is 6.61 Å². The molecule has 0 aromatic carbocycles. The van der Waals surface area contributed by atoms with Gasteiger partial charge in [-0.15, -0.1) is 0 Å². The van der Waals surface area contributed by atoms with Crippen LogP contribution in [-0.2, 0) is 4.74 Å². The summed E-state index contributed by atoms with van der Waals surface area (Å²) >= 11 is 0. The van der Waals surface area contributed by atoms with Crippen LogP contribution < -0.4 is 0 Å². The van der Waals surface area contributed by atoms with E-state index in [1.807, 2.05) is 0 Å². The summed E-state index contributed by atoms with van der Waals surface area (Å²) in [5, 5.41) is 0. The minimum atomic E-state index is 0.358. The standard InChI is InChI=1S/C20H40O/c1-4-7-9-11-12-13-15-17-19-20(21-6-3)18-16-14-10-8-5-2/h17,19-20H,4-16,18H2,1-3H3. The molecule has 0 amide bonds. The molecule has 21 heavy (non-hydrogen) atoms. The second kappa shape index (κ2) is 17.8. The largest absolute Gasteiger partial charge is 0.374 e. The minimum Gasteiger partial charge on any atom is -0.374 e. The Labute approximate surface area is 134 Å². The predicted molar refractivity (Wildman–Crippen MR) is 95.9 cm³/mol. The van der Waals surface area contributed by atoms with E-state index in [1.165, 1.54) is 83.5 Å². The molecule has 1 nitrogen and oxygen atoms in total. The van der Waals surface area contributed by atoms with Gasteiger partial charge in [-0.05, 0) is 26.2 Å². The number of ether oxygens (including phenoxy) is 1. The van der Waals surface area contributed by atoms with Gasteiger partial charge in [-0.25, -0.2) is 0 Å². The monoisotopic (exact) mass is 296 g/mol. The van der Waals surface area contributed by atoms with Crippen LogP contribution in [0.2, 0.25) is 0 Å². The highest BCUT2D eigenvalue weighted by Crippen LogP contribution is 2.12. The van der Waals surface area contributed by atoms with Gasteiger partial charge in [0.05, 0.1) is 6.10 Å². The van der Waals surface area contributed by atoms with E-state index in [0.717, 1.165) is 6.61 Å². The van der Waals surface area contributed by atoms with Crippen LogP contribution in [0.5, 0.6) is 0 Å². The molecule has 0 bridgehead atoms. The third-order valence-electron chi connectivity index (χ3n) is 4.05. The molecule has 0 aliphatic carbocycles. The van der Waals surface area contributed by atoms with Gasteiger partial charge in [0.25, 0.3) is 0 Å². The highest BCUT2D eigenvalue weighted by Gasteiger charge is 2.03. The zero-order chi connectivity index (χ0) is 15.6. The quantitative estimate of drug-likeness (QED) is 0.219. The Morgan fingerprint density at radius 3 is 1.90 bits per heavy atom. The second-order valence-corrected chi connectivity index (χ2v) is 6.18. The van der Waals surface area contributed by atoms with Gasteiger partial charge in [0.2, 0.25) is 0 Å². The van der Waals surface area contributed by atoms with Crippen molar-refractivity contribution >= 4 is 0 Å². The number of rotatable bonds is 16. The topological polar surface area (TPSA) is 9.23 Å². The Morgan fingerprint density at radius 1 is 0.714 bits per heavy atom. The molecule has 0 aromatic rings. The van der Waals surface area contributed by atoms with E-state index in [2.05, 4.69) is 32.9 Å². The lowest BCUT2D eigenvalue weighted by molar-refractivity contribution is 0.0880. The maximum absolute atomic E-state index is 5.82. The molecule has 0 aromatic heterocycles. The van der Waals surface area contributed by atoms with Crippen molar-refractivity contribution in [2.24, 2.45) is 0 Å². The Bertz CT molecular complexity index is 210. The average molecular weight is 297 g/mol. The summed E-state index contributed by atoms with van der Waals surface area (Å²) in [4.78, 5) is 0. The number of unbranched alkanes of at least 4 members (excludes halogenated alkanes) is 10. The molecule has 0 heterocycles. The summed E-state index contributed by atoms with van der Waals surface area (Å²) in [5.41, 5.74) is 0. The summed E-state index contributed by atoms with van der Waals surface area (Å²) in [6.07, 6.45) is 22.5. The fourth-order valence-corrected chi connectivity index (χ4v) is 2.69. The van der Waals surface area contributed by atoms with E-state index in [1.54, 1.807) is 0 Å². The first-order valence-corrected chi connectivity index (χ1v) is 9.63. The fourth-order valence-electron chi connectivity index (χ4n) is 2.69. The fraction of sp³-hybridized carbons (Fsp3) is 0.900. The first kappa shape index (κ1) is 20.7. The van der Waals surface area contributed by atoms with Crippen molar-refractivity contribution in [3.05, 3.63) is 12.2 Å². The van der Waals surface area contributed by atoms with E-state index in [-0.39, 0.29) is 0 Å². The molecule has 0 aliphatic heterocycles. The Kier molecular flexibility index (Phi) is 17.5. The lowest BCUT2D eigenvalue weighted by Crippen LogP contribution is -2.09. The summed E-state index contributed by atoms with van der Waals surface area (Å²) in [6.45, 7) is 7.49. The molecule has 0 spiro atoms. The van der Waals surface area contributed by atoms with Crippen molar-refractivity contribution < 1.29 is 4.74 Å². The Hall–Kier alpha value is -0.300. The van der Waals surface area contributed by atoms with E-state index in [0.29, 0.717) is 6.10 Å². The van der Waals surface area contributed by atoms with Crippen LogP contribution in [0.4, 0.5) is 0 Å². The normalized spacial score (nSPS) is 13.1. The van der Waals surface area contributed by atoms with Crippen molar-refractivity contribution in [1.29, 1.82) is 0 Å². The smallest absolute Gasteiger partial charge is 0.0755 e. The summed E-state index contributed by atoms with van der Waals surface area (Å²) < 4.78 is 5.82. The zero-order valence-electron chi connectivity index (χ0n) is 15.0. The lowest BCUT2D eigenvalue weighted by atomic mass is 10.1. The maximum Gasteiger partial charge on any atom is 0.0755 e. The highest BCUT2D eigenvalue weighted by atomic mass is 16.5. The molecule has 0 radical (unpaired) electrons. The summed E-state index contributed by atoms with van der Waals surface area (Å²) in [7, 11) is 0. The molecule has 1 atom stereocenters. The van der Waals surface area contributed by atoms with Crippen LogP contribution in [0.25, 0.3) is 0 Å². The van der Waals surface area contributed by atoms with Gasteiger partial charge in [-0.3, -0.25) is 0 Å². The van der Waals surface area contributed by atoms with Gasteiger partial charge in [0.1, 0.15) is 0 Å². The Balaban J connectivity index is 3.58. The third kappa shape index (κ3) is 15.9. The molecule has 0 N–H and O–H groups in total. The van der Waals surface area contributed by atoms with Gasteiger partial charge < -0.3 is 4.74 Å². The number of hydrogen-bond donors (Lipinski definition) is 0. The van der Waals surface area contributed by atoms with Crippen LogP contribution in [0.15, 0.2) is 12.2 Å². The molecular weight excluding hydrogens is 256 g/mol. The maximum atomic E-state index is 5.82. The van der Waals surface area contributed by atoms with Crippen LogP contribution in [0.3, 0.4) is 0 Å². The molecular formula is C20H40O. The molecule has 0 aliphatic rings. The van der Waals surface area contributed by atoms with Crippen LogP contribution >= 0.6 is 0 Å². The molecule has 0 rings (SSSR count). The highest BCUT2D eigenvalue weighted by molar-refractivity contribution is 4.89. The van der Waals surface area contributed by atoms with E-state index in [4.69, 9.17) is 4.74 Å². The zero-order valence-corrected chi connectivity index (χ0v) is 15.0. The summed E-state index contributed by atoms with van der Waals surface area (Å²) in [6, 6.07) is 0. The van der Waals surface area contributed by atoms with Crippen molar-refractivity contribution in [3.63, 3.8) is 0 Å². The number of hydrogen-bond acceptors (Lipinski definition) is 1. The Morgan fingerprint density at radius 2 is 1.29 bits per heavy atom.